The molecule has 1 heterocycles. The molecule has 0 fully saturated rings. The third-order valence-electron chi connectivity index (χ3n) is 5.70. The molecule has 0 saturated carbocycles. The number of esters is 1. The first-order chi connectivity index (χ1) is 17.6. The Morgan fingerprint density at radius 2 is 1.42 bits per heavy atom. The standard InChI is InChI=1S/C29H28N2O4S/c1-34-24-15-13-23(14-16-24)25-20-36-28(27(25)29(33)35-2)30-26(32)19-31(17-21-9-5-3-6-10-21)18-22-11-7-4-8-12-22/h3-16,20H,17-19H2,1-2H3,(H,30,32). The number of rotatable bonds is 10. The van der Waals surface area contributed by atoms with Crippen molar-refractivity contribution >= 4 is 28.2 Å². The number of anilines is 1. The molecule has 0 spiro atoms. The monoisotopic (exact) mass is 500 g/mol. The van der Waals surface area contributed by atoms with Crippen LogP contribution < -0.4 is 10.1 Å². The van der Waals surface area contributed by atoms with E-state index in [9.17, 15) is 9.59 Å². The van der Waals surface area contributed by atoms with Crippen LogP contribution in [-0.4, -0.2) is 37.5 Å². The van der Waals surface area contributed by atoms with Crippen LogP contribution in [0.25, 0.3) is 11.1 Å². The number of benzene rings is 3. The van der Waals surface area contributed by atoms with Gasteiger partial charge < -0.3 is 14.8 Å². The number of hydrogen-bond donors (Lipinski definition) is 1. The fourth-order valence-corrected chi connectivity index (χ4v) is 4.93. The molecule has 0 bridgehead atoms. The molecule has 0 atom stereocenters. The van der Waals surface area contributed by atoms with Crippen LogP contribution in [-0.2, 0) is 22.6 Å². The van der Waals surface area contributed by atoms with E-state index >= 15 is 0 Å². The lowest BCUT2D eigenvalue weighted by Gasteiger charge is -2.22. The maximum absolute atomic E-state index is 13.2. The number of nitrogens with one attached hydrogen (secondary N) is 1. The molecule has 7 heteroatoms. The zero-order valence-corrected chi connectivity index (χ0v) is 21.1. The van der Waals surface area contributed by atoms with E-state index in [0.29, 0.717) is 29.2 Å². The lowest BCUT2D eigenvalue weighted by atomic mass is 10.0. The predicted octanol–water partition coefficient (Wildman–Crippen LogP) is 5.85. The maximum Gasteiger partial charge on any atom is 0.341 e. The number of methoxy groups -OCH3 is 2. The SMILES string of the molecule is COC(=O)c1c(-c2ccc(OC)cc2)csc1NC(=O)CN(Cc1ccccc1)Cc1ccccc1. The lowest BCUT2D eigenvalue weighted by molar-refractivity contribution is -0.117. The molecule has 1 amide bonds. The molecule has 0 radical (unpaired) electrons. The van der Waals surface area contributed by atoms with Crippen molar-refractivity contribution in [2.75, 3.05) is 26.1 Å². The van der Waals surface area contributed by atoms with Crippen LogP contribution in [0.3, 0.4) is 0 Å². The van der Waals surface area contributed by atoms with E-state index in [2.05, 4.69) is 10.2 Å². The fourth-order valence-electron chi connectivity index (χ4n) is 3.96. The Hall–Kier alpha value is -3.94. The number of carbonyl (C=O) groups excluding carboxylic acids is 2. The van der Waals surface area contributed by atoms with Crippen molar-refractivity contribution in [1.29, 1.82) is 0 Å². The summed E-state index contributed by atoms with van der Waals surface area (Å²) in [5.41, 5.74) is 4.13. The minimum atomic E-state index is -0.497. The van der Waals surface area contributed by atoms with Gasteiger partial charge in [0.25, 0.3) is 0 Å². The topological polar surface area (TPSA) is 67.9 Å². The molecule has 3 aromatic carbocycles. The summed E-state index contributed by atoms with van der Waals surface area (Å²) in [5, 5.41) is 5.28. The van der Waals surface area contributed by atoms with Crippen LogP contribution in [0.1, 0.15) is 21.5 Å². The zero-order valence-electron chi connectivity index (χ0n) is 20.3. The first kappa shape index (κ1) is 25.2. The second kappa shape index (κ2) is 12.2. The van der Waals surface area contributed by atoms with Gasteiger partial charge in [-0.15, -0.1) is 11.3 Å². The Balaban J connectivity index is 1.54. The molecule has 0 aliphatic carbocycles. The zero-order chi connectivity index (χ0) is 25.3. The van der Waals surface area contributed by atoms with Gasteiger partial charge >= 0.3 is 5.97 Å². The van der Waals surface area contributed by atoms with E-state index in [1.54, 1.807) is 7.11 Å². The Kier molecular flexibility index (Phi) is 8.49. The van der Waals surface area contributed by atoms with Crippen molar-refractivity contribution in [3.05, 3.63) is 107 Å². The van der Waals surface area contributed by atoms with Crippen molar-refractivity contribution in [3.8, 4) is 16.9 Å². The third kappa shape index (κ3) is 6.38. The first-order valence-corrected chi connectivity index (χ1v) is 12.4. The minimum Gasteiger partial charge on any atom is -0.497 e. The number of thiophene rings is 1. The Labute approximate surface area is 215 Å². The van der Waals surface area contributed by atoms with Crippen LogP contribution in [0, 0.1) is 0 Å². The highest BCUT2D eigenvalue weighted by atomic mass is 32.1. The average molecular weight is 501 g/mol. The van der Waals surface area contributed by atoms with Crippen LogP contribution in [0.4, 0.5) is 5.00 Å². The molecule has 0 aliphatic rings. The van der Waals surface area contributed by atoms with Gasteiger partial charge in [0.2, 0.25) is 5.91 Å². The highest BCUT2D eigenvalue weighted by Gasteiger charge is 2.23. The van der Waals surface area contributed by atoms with E-state index in [-0.39, 0.29) is 12.5 Å². The molecule has 184 valence electrons. The predicted molar refractivity (Wildman–Crippen MR) is 143 cm³/mol. The summed E-state index contributed by atoms with van der Waals surface area (Å²) in [6.45, 7) is 1.41. The first-order valence-electron chi connectivity index (χ1n) is 11.5. The molecule has 36 heavy (non-hydrogen) atoms. The summed E-state index contributed by atoms with van der Waals surface area (Å²) in [4.78, 5) is 28.0. The number of hydrogen-bond acceptors (Lipinski definition) is 6. The van der Waals surface area contributed by atoms with Gasteiger partial charge in [-0.3, -0.25) is 9.69 Å². The van der Waals surface area contributed by atoms with E-state index in [0.717, 1.165) is 22.4 Å². The van der Waals surface area contributed by atoms with Gasteiger partial charge in [-0.2, -0.15) is 0 Å². The molecule has 6 nitrogen and oxygen atoms in total. The number of nitrogens with zero attached hydrogens (tertiary/aromatic N) is 1. The number of ether oxygens (including phenoxy) is 2. The second-order valence-corrected chi connectivity index (χ2v) is 9.12. The van der Waals surface area contributed by atoms with Gasteiger partial charge in [0, 0.05) is 24.0 Å². The number of amides is 1. The Morgan fingerprint density at radius 3 is 1.94 bits per heavy atom. The van der Waals surface area contributed by atoms with Gasteiger partial charge in [0.15, 0.2) is 0 Å². The van der Waals surface area contributed by atoms with Gasteiger partial charge in [-0.1, -0.05) is 72.8 Å². The summed E-state index contributed by atoms with van der Waals surface area (Å²) in [7, 11) is 2.94. The van der Waals surface area contributed by atoms with Crippen molar-refractivity contribution < 1.29 is 19.1 Å². The van der Waals surface area contributed by atoms with Gasteiger partial charge in [0.1, 0.15) is 16.3 Å². The quantitative estimate of drug-likeness (QED) is 0.277. The van der Waals surface area contributed by atoms with Crippen LogP contribution in [0.2, 0.25) is 0 Å². The second-order valence-electron chi connectivity index (χ2n) is 8.24. The smallest absolute Gasteiger partial charge is 0.341 e. The summed E-state index contributed by atoms with van der Waals surface area (Å²) >= 11 is 1.31. The third-order valence-corrected chi connectivity index (χ3v) is 6.60. The molecular formula is C29H28N2O4S. The highest BCUT2D eigenvalue weighted by molar-refractivity contribution is 7.15. The highest BCUT2D eigenvalue weighted by Crippen LogP contribution is 2.36. The lowest BCUT2D eigenvalue weighted by Crippen LogP contribution is -2.32. The van der Waals surface area contributed by atoms with Crippen molar-refractivity contribution in [3.63, 3.8) is 0 Å². The summed E-state index contributed by atoms with van der Waals surface area (Å²) in [5.74, 6) is 0.0250. The van der Waals surface area contributed by atoms with Crippen LogP contribution in [0.15, 0.2) is 90.3 Å². The van der Waals surface area contributed by atoms with Crippen molar-refractivity contribution in [1.82, 2.24) is 4.90 Å². The molecule has 0 unspecified atom stereocenters. The van der Waals surface area contributed by atoms with E-state index in [1.165, 1.54) is 18.4 Å². The molecule has 1 N–H and O–H groups in total. The molecule has 0 saturated heterocycles. The molecular weight excluding hydrogens is 472 g/mol. The fraction of sp³-hybridized carbons (Fsp3) is 0.172. The molecule has 0 aliphatic heterocycles. The van der Waals surface area contributed by atoms with Crippen molar-refractivity contribution in [2.45, 2.75) is 13.1 Å². The largest absolute Gasteiger partial charge is 0.497 e. The molecule has 4 rings (SSSR count). The average Bonchev–Trinajstić information content (AvgIpc) is 3.32. The summed E-state index contributed by atoms with van der Waals surface area (Å²) in [6.07, 6.45) is 0. The van der Waals surface area contributed by atoms with Gasteiger partial charge in [0.05, 0.1) is 20.8 Å². The molecule has 4 aromatic rings. The van der Waals surface area contributed by atoms with Gasteiger partial charge in [-0.05, 0) is 28.8 Å². The minimum absolute atomic E-state index is 0.167. The van der Waals surface area contributed by atoms with E-state index in [4.69, 9.17) is 9.47 Å². The normalized spacial score (nSPS) is 10.8. The summed E-state index contributed by atoms with van der Waals surface area (Å²) < 4.78 is 10.3. The maximum atomic E-state index is 13.2. The Morgan fingerprint density at radius 1 is 0.833 bits per heavy atom. The number of carbonyl (C=O) groups is 2. The summed E-state index contributed by atoms with van der Waals surface area (Å²) in [6, 6.07) is 27.5. The van der Waals surface area contributed by atoms with Crippen molar-refractivity contribution in [2.24, 2.45) is 0 Å². The van der Waals surface area contributed by atoms with E-state index < -0.39 is 5.97 Å². The van der Waals surface area contributed by atoms with Crippen LogP contribution >= 0.6 is 11.3 Å². The van der Waals surface area contributed by atoms with Crippen LogP contribution in [0.5, 0.6) is 5.75 Å². The van der Waals surface area contributed by atoms with E-state index in [1.807, 2.05) is 90.3 Å². The Bertz CT molecular complexity index is 1250. The molecule has 1 aromatic heterocycles. The van der Waals surface area contributed by atoms with Gasteiger partial charge in [-0.25, -0.2) is 4.79 Å².